The number of carboxylic acid groups (broad SMARTS) is 1. The first-order valence-electron chi connectivity index (χ1n) is 6.04. The molecule has 4 heteroatoms. The van der Waals surface area contributed by atoms with Crippen LogP contribution in [0.15, 0.2) is 54.7 Å². The monoisotopic (exact) mass is 262 g/mol. The summed E-state index contributed by atoms with van der Waals surface area (Å²) in [4.78, 5) is 10.9. The lowest BCUT2D eigenvalue weighted by Crippen LogP contribution is -1.98. The normalized spacial score (nSPS) is 10.3. The maximum absolute atomic E-state index is 10.9. The van der Waals surface area contributed by atoms with Crippen molar-refractivity contribution >= 4 is 16.9 Å². The third-order valence-electron chi connectivity index (χ3n) is 3.22. The van der Waals surface area contributed by atoms with Crippen LogP contribution in [0.1, 0.15) is 15.9 Å². The van der Waals surface area contributed by atoms with Crippen LogP contribution in [0, 0.1) is 11.3 Å². The molecular weight excluding hydrogens is 252 g/mol. The average molecular weight is 262 g/mol. The largest absolute Gasteiger partial charge is 0.478 e. The number of fused-ring (bicyclic) bond motifs is 1. The summed E-state index contributed by atoms with van der Waals surface area (Å²) < 4.78 is 1.89. The number of hydrogen-bond acceptors (Lipinski definition) is 2. The summed E-state index contributed by atoms with van der Waals surface area (Å²) >= 11 is 0. The summed E-state index contributed by atoms with van der Waals surface area (Å²) in [7, 11) is 0. The van der Waals surface area contributed by atoms with Crippen LogP contribution in [0.25, 0.3) is 16.6 Å². The van der Waals surface area contributed by atoms with Crippen molar-refractivity contribution in [2.75, 3.05) is 0 Å². The van der Waals surface area contributed by atoms with Gasteiger partial charge in [0.2, 0.25) is 0 Å². The second kappa shape index (κ2) is 4.56. The van der Waals surface area contributed by atoms with Crippen LogP contribution in [-0.4, -0.2) is 15.6 Å². The van der Waals surface area contributed by atoms with Crippen LogP contribution in [0.5, 0.6) is 0 Å². The minimum atomic E-state index is -0.952. The highest BCUT2D eigenvalue weighted by molar-refractivity contribution is 5.89. The van der Waals surface area contributed by atoms with Gasteiger partial charge < -0.3 is 9.67 Å². The van der Waals surface area contributed by atoms with E-state index < -0.39 is 5.97 Å². The van der Waals surface area contributed by atoms with Crippen molar-refractivity contribution in [3.8, 4) is 11.8 Å². The molecule has 0 unspecified atom stereocenters. The molecule has 0 aliphatic carbocycles. The molecule has 0 aliphatic rings. The van der Waals surface area contributed by atoms with Gasteiger partial charge in [-0.3, -0.25) is 0 Å². The molecular formula is C16H10N2O2. The first kappa shape index (κ1) is 12.0. The van der Waals surface area contributed by atoms with Gasteiger partial charge >= 0.3 is 5.97 Å². The molecule has 0 aliphatic heterocycles. The van der Waals surface area contributed by atoms with Gasteiger partial charge in [-0.25, -0.2) is 4.79 Å². The van der Waals surface area contributed by atoms with Crippen molar-refractivity contribution in [3.63, 3.8) is 0 Å². The van der Waals surface area contributed by atoms with Crippen LogP contribution in [0.2, 0.25) is 0 Å². The molecule has 4 nitrogen and oxygen atoms in total. The number of rotatable bonds is 2. The van der Waals surface area contributed by atoms with E-state index in [1.54, 1.807) is 30.3 Å². The van der Waals surface area contributed by atoms with E-state index in [0.29, 0.717) is 5.56 Å². The van der Waals surface area contributed by atoms with E-state index in [1.165, 1.54) is 0 Å². The van der Waals surface area contributed by atoms with Gasteiger partial charge in [-0.1, -0.05) is 12.1 Å². The van der Waals surface area contributed by atoms with Crippen molar-refractivity contribution in [2.24, 2.45) is 0 Å². The molecule has 0 radical (unpaired) electrons. The van der Waals surface area contributed by atoms with Gasteiger partial charge in [0.15, 0.2) is 0 Å². The highest BCUT2D eigenvalue weighted by atomic mass is 16.4. The average Bonchev–Trinajstić information content (AvgIpc) is 2.91. The Kier molecular flexibility index (Phi) is 2.73. The predicted molar refractivity (Wildman–Crippen MR) is 74.9 cm³/mol. The van der Waals surface area contributed by atoms with Gasteiger partial charge in [-0.2, -0.15) is 5.26 Å². The highest BCUT2D eigenvalue weighted by Crippen LogP contribution is 2.23. The van der Waals surface area contributed by atoms with Crippen molar-refractivity contribution in [2.45, 2.75) is 0 Å². The first-order valence-corrected chi connectivity index (χ1v) is 6.04. The number of nitriles is 1. The number of para-hydroxylation sites is 1. The predicted octanol–water partition coefficient (Wildman–Crippen LogP) is 3.20. The van der Waals surface area contributed by atoms with Crippen LogP contribution in [0.3, 0.4) is 0 Å². The summed E-state index contributed by atoms with van der Waals surface area (Å²) in [6.45, 7) is 0. The number of carboxylic acids is 1. The third kappa shape index (κ3) is 1.82. The molecule has 20 heavy (non-hydrogen) atoms. The Labute approximate surface area is 115 Å². The second-order valence-corrected chi connectivity index (χ2v) is 4.39. The zero-order valence-corrected chi connectivity index (χ0v) is 10.4. The quantitative estimate of drug-likeness (QED) is 0.771. The SMILES string of the molecule is N#Cc1cccc2ccn(-c3ccc(C(=O)O)cc3)c12. The molecule has 0 saturated heterocycles. The van der Waals surface area contributed by atoms with Crippen LogP contribution in [0.4, 0.5) is 0 Å². The molecule has 0 bridgehead atoms. The smallest absolute Gasteiger partial charge is 0.335 e. The van der Waals surface area contributed by atoms with Crippen LogP contribution < -0.4 is 0 Å². The minimum absolute atomic E-state index is 0.241. The maximum atomic E-state index is 10.9. The third-order valence-corrected chi connectivity index (χ3v) is 3.22. The zero-order chi connectivity index (χ0) is 14.1. The van der Waals surface area contributed by atoms with Gasteiger partial charge in [0.05, 0.1) is 16.6 Å². The molecule has 1 heterocycles. The van der Waals surface area contributed by atoms with Crippen molar-refractivity contribution < 1.29 is 9.90 Å². The fraction of sp³-hybridized carbons (Fsp3) is 0. The summed E-state index contributed by atoms with van der Waals surface area (Å²) in [5.74, 6) is -0.952. The molecule has 3 rings (SSSR count). The minimum Gasteiger partial charge on any atom is -0.478 e. The number of aromatic nitrogens is 1. The fourth-order valence-corrected chi connectivity index (χ4v) is 2.26. The van der Waals surface area contributed by atoms with Crippen molar-refractivity contribution in [1.82, 2.24) is 4.57 Å². The molecule has 0 spiro atoms. The highest BCUT2D eigenvalue weighted by Gasteiger charge is 2.08. The summed E-state index contributed by atoms with van der Waals surface area (Å²) in [5.41, 5.74) is 2.49. The van der Waals surface area contributed by atoms with Crippen molar-refractivity contribution in [3.05, 3.63) is 65.9 Å². The molecule has 96 valence electrons. The Bertz CT molecular complexity index is 839. The van der Waals surface area contributed by atoms with E-state index in [2.05, 4.69) is 6.07 Å². The summed E-state index contributed by atoms with van der Waals surface area (Å²) in [6, 6.07) is 16.2. The summed E-state index contributed by atoms with van der Waals surface area (Å²) in [5, 5.41) is 19.1. The number of aromatic carboxylic acids is 1. The Morgan fingerprint density at radius 1 is 1.10 bits per heavy atom. The zero-order valence-electron chi connectivity index (χ0n) is 10.4. The van der Waals surface area contributed by atoms with E-state index in [-0.39, 0.29) is 5.56 Å². The first-order chi connectivity index (χ1) is 9.70. The lowest BCUT2D eigenvalue weighted by molar-refractivity contribution is 0.0697. The maximum Gasteiger partial charge on any atom is 0.335 e. The second-order valence-electron chi connectivity index (χ2n) is 4.39. The summed E-state index contributed by atoms with van der Waals surface area (Å²) in [6.07, 6.45) is 1.88. The Balaban J connectivity index is 2.20. The van der Waals surface area contributed by atoms with E-state index in [4.69, 9.17) is 5.11 Å². The molecule has 3 aromatic rings. The Morgan fingerprint density at radius 3 is 2.50 bits per heavy atom. The molecule has 0 saturated carbocycles. The van der Waals surface area contributed by atoms with Gasteiger partial charge in [0.1, 0.15) is 6.07 Å². The topological polar surface area (TPSA) is 66.0 Å². The lowest BCUT2D eigenvalue weighted by Gasteiger charge is -2.07. The fourth-order valence-electron chi connectivity index (χ4n) is 2.26. The number of benzene rings is 2. The molecule has 0 amide bonds. The van der Waals surface area contributed by atoms with Crippen LogP contribution >= 0.6 is 0 Å². The van der Waals surface area contributed by atoms with E-state index in [9.17, 15) is 10.1 Å². The van der Waals surface area contributed by atoms with Gasteiger partial charge in [0.25, 0.3) is 0 Å². The van der Waals surface area contributed by atoms with E-state index >= 15 is 0 Å². The molecule has 0 fully saturated rings. The van der Waals surface area contributed by atoms with Crippen LogP contribution in [-0.2, 0) is 0 Å². The van der Waals surface area contributed by atoms with E-state index in [1.807, 2.05) is 29.0 Å². The van der Waals surface area contributed by atoms with Gasteiger partial charge in [0, 0.05) is 17.3 Å². The standard InChI is InChI=1S/C16H10N2O2/c17-10-13-3-1-2-11-8-9-18(15(11)13)14-6-4-12(5-7-14)16(19)20/h1-9H,(H,19,20). The number of carbonyl (C=O) groups is 1. The Hall–Kier alpha value is -3.06. The number of hydrogen-bond donors (Lipinski definition) is 1. The molecule has 1 N–H and O–H groups in total. The molecule has 1 aromatic heterocycles. The van der Waals surface area contributed by atoms with Crippen molar-refractivity contribution in [1.29, 1.82) is 5.26 Å². The Morgan fingerprint density at radius 2 is 1.85 bits per heavy atom. The number of nitrogens with zero attached hydrogens (tertiary/aromatic N) is 2. The van der Waals surface area contributed by atoms with E-state index in [0.717, 1.165) is 16.6 Å². The van der Waals surface area contributed by atoms with Gasteiger partial charge in [-0.05, 0) is 36.4 Å². The molecule has 0 atom stereocenters. The lowest BCUT2D eigenvalue weighted by atomic mass is 10.1. The molecule has 2 aromatic carbocycles. The van der Waals surface area contributed by atoms with Gasteiger partial charge in [-0.15, -0.1) is 0 Å².